The van der Waals surface area contributed by atoms with Gasteiger partial charge in [-0.25, -0.2) is 0 Å². The summed E-state index contributed by atoms with van der Waals surface area (Å²) < 4.78 is 0. The van der Waals surface area contributed by atoms with Gasteiger partial charge in [0.05, 0.1) is 11.6 Å². The van der Waals surface area contributed by atoms with Gasteiger partial charge in [-0.2, -0.15) is 5.26 Å². The fourth-order valence-corrected chi connectivity index (χ4v) is 3.79. The molecular weight excluding hydrogens is 274 g/mol. The summed E-state index contributed by atoms with van der Waals surface area (Å²) in [5.41, 5.74) is 1.30. The van der Waals surface area contributed by atoms with Crippen molar-refractivity contribution < 1.29 is 4.79 Å². The third kappa shape index (κ3) is 2.15. The van der Waals surface area contributed by atoms with E-state index in [1.807, 2.05) is 24.3 Å². The molecule has 2 aliphatic rings. The van der Waals surface area contributed by atoms with Crippen LogP contribution in [0.15, 0.2) is 36.4 Å². The van der Waals surface area contributed by atoms with Crippen molar-refractivity contribution in [3.05, 3.63) is 47.5 Å². The number of hydrogen-bond acceptors (Lipinski definition) is 3. The van der Waals surface area contributed by atoms with Crippen LogP contribution >= 0.6 is 0 Å². The molecule has 3 atom stereocenters. The highest BCUT2D eigenvalue weighted by molar-refractivity contribution is 5.99. The molecule has 4 heteroatoms. The molecule has 1 saturated heterocycles. The van der Waals surface area contributed by atoms with E-state index >= 15 is 0 Å². The standard InChI is InChI=1S/C18H17N3O/c19-9-14-3-1-2-12-8-13(4-5-15(12)14)18(22)21-17-7-11-6-16(17)20-10-11/h1-5,8,11,16-17,20H,6-7,10H2,(H,21,22). The predicted molar refractivity (Wildman–Crippen MR) is 84.4 cm³/mol. The quantitative estimate of drug-likeness (QED) is 0.891. The fraction of sp³-hybridized carbons (Fsp3) is 0.333. The molecule has 2 bridgehead atoms. The van der Waals surface area contributed by atoms with Crippen molar-refractivity contribution in [2.75, 3.05) is 6.54 Å². The number of rotatable bonds is 2. The van der Waals surface area contributed by atoms with Crippen LogP contribution in [0, 0.1) is 17.2 Å². The second kappa shape index (κ2) is 5.11. The molecule has 1 aliphatic heterocycles. The first kappa shape index (κ1) is 13.3. The Bertz CT molecular complexity index is 793. The van der Waals surface area contributed by atoms with E-state index in [-0.39, 0.29) is 11.9 Å². The number of amides is 1. The molecule has 4 rings (SSSR count). The number of nitriles is 1. The van der Waals surface area contributed by atoms with E-state index < -0.39 is 0 Å². The van der Waals surface area contributed by atoms with Gasteiger partial charge in [0.25, 0.3) is 5.91 Å². The first-order chi connectivity index (χ1) is 10.7. The molecule has 4 nitrogen and oxygen atoms in total. The van der Waals surface area contributed by atoms with Gasteiger partial charge in [0, 0.05) is 17.6 Å². The van der Waals surface area contributed by atoms with Crippen LogP contribution in [0.5, 0.6) is 0 Å². The molecule has 2 aromatic rings. The maximum absolute atomic E-state index is 12.5. The molecule has 0 aromatic heterocycles. The summed E-state index contributed by atoms with van der Waals surface area (Å²) in [6.45, 7) is 1.09. The number of benzene rings is 2. The Morgan fingerprint density at radius 1 is 1.27 bits per heavy atom. The molecule has 0 spiro atoms. The number of nitrogens with zero attached hydrogens (tertiary/aromatic N) is 1. The van der Waals surface area contributed by atoms with Gasteiger partial charge in [-0.1, -0.05) is 18.2 Å². The molecule has 1 aliphatic carbocycles. The molecule has 22 heavy (non-hydrogen) atoms. The van der Waals surface area contributed by atoms with Crippen LogP contribution in [0.25, 0.3) is 10.8 Å². The van der Waals surface area contributed by atoms with E-state index in [2.05, 4.69) is 16.7 Å². The van der Waals surface area contributed by atoms with Crippen LogP contribution in [-0.4, -0.2) is 24.5 Å². The highest BCUT2D eigenvalue weighted by Gasteiger charge is 2.39. The van der Waals surface area contributed by atoms with E-state index in [9.17, 15) is 4.79 Å². The number of hydrogen-bond donors (Lipinski definition) is 2. The lowest BCUT2D eigenvalue weighted by atomic mass is 10.0. The summed E-state index contributed by atoms with van der Waals surface area (Å²) in [7, 11) is 0. The van der Waals surface area contributed by atoms with Gasteiger partial charge >= 0.3 is 0 Å². The van der Waals surface area contributed by atoms with Crippen molar-refractivity contribution in [3.8, 4) is 6.07 Å². The lowest BCUT2D eigenvalue weighted by molar-refractivity contribution is 0.0928. The average Bonchev–Trinajstić information content (AvgIpc) is 3.16. The molecule has 1 saturated carbocycles. The Hall–Kier alpha value is -2.38. The van der Waals surface area contributed by atoms with Gasteiger partial charge in [-0.3, -0.25) is 4.79 Å². The van der Waals surface area contributed by atoms with E-state index in [0.29, 0.717) is 23.1 Å². The van der Waals surface area contributed by atoms with Gasteiger partial charge in [0.15, 0.2) is 0 Å². The Morgan fingerprint density at radius 3 is 2.91 bits per heavy atom. The molecule has 2 aromatic carbocycles. The van der Waals surface area contributed by atoms with Crippen molar-refractivity contribution in [2.24, 2.45) is 5.92 Å². The molecule has 2 N–H and O–H groups in total. The zero-order valence-corrected chi connectivity index (χ0v) is 12.2. The third-order valence-corrected chi connectivity index (χ3v) is 4.91. The topological polar surface area (TPSA) is 64.9 Å². The zero-order chi connectivity index (χ0) is 15.1. The average molecular weight is 291 g/mol. The SMILES string of the molecule is N#Cc1cccc2cc(C(=O)NC3CC4CNC3C4)ccc12. The first-order valence-corrected chi connectivity index (χ1v) is 7.72. The first-order valence-electron chi connectivity index (χ1n) is 7.72. The normalized spacial score (nSPS) is 26.0. The van der Waals surface area contributed by atoms with Gasteiger partial charge in [-0.15, -0.1) is 0 Å². The highest BCUT2D eigenvalue weighted by atomic mass is 16.1. The van der Waals surface area contributed by atoms with Crippen molar-refractivity contribution in [1.29, 1.82) is 5.26 Å². The van der Waals surface area contributed by atoms with Gasteiger partial charge in [0.2, 0.25) is 0 Å². The van der Waals surface area contributed by atoms with Gasteiger partial charge in [-0.05, 0) is 54.3 Å². The number of piperidine rings is 1. The third-order valence-electron chi connectivity index (χ3n) is 4.91. The van der Waals surface area contributed by atoms with E-state index in [1.165, 1.54) is 6.42 Å². The molecule has 3 unspecified atom stereocenters. The van der Waals surface area contributed by atoms with Crippen LogP contribution < -0.4 is 10.6 Å². The summed E-state index contributed by atoms with van der Waals surface area (Å²) in [6.07, 6.45) is 2.25. The van der Waals surface area contributed by atoms with Crippen molar-refractivity contribution in [2.45, 2.75) is 24.9 Å². The Balaban J connectivity index is 1.58. The summed E-state index contributed by atoms with van der Waals surface area (Å²) in [4.78, 5) is 12.5. The molecular formula is C18H17N3O. The predicted octanol–water partition coefficient (Wildman–Crippen LogP) is 2.19. The summed E-state index contributed by atoms with van der Waals surface area (Å²) in [5, 5.41) is 17.6. The summed E-state index contributed by atoms with van der Waals surface area (Å²) in [6, 6.07) is 14.0. The van der Waals surface area contributed by atoms with Gasteiger partial charge < -0.3 is 10.6 Å². The zero-order valence-electron chi connectivity index (χ0n) is 12.2. The molecule has 0 radical (unpaired) electrons. The largest absolute Gasteiger partial charge is 0.348 e. The van der Waals surface area contributed by atoms with Crippen LogP contribution in [0.4, 0.5) is 0 Å². The lowest BCUT2D eigenvalue weighted by Crippen LogP contribution is -2.47. The number of carbonyl (C=O) groups is 1. The Morgan fingerprint density at radius 2 is 2.18 bits per heavy atom. The Labute approximate surface area is 129 Å². The minimum Gasteiger partial charge on any atom is -0.348 e. The number of fused-ring (bicyclic) bond motifs is 3. The summed E-state index contributed by atoms with van der Waals surface area (Å²) in [5.74, 6) is 0.689. The maximum atomic E-state index is 12.5. The maximum Gasteiger partial charge on any atom is 0.251 e. The molecule has 2 fully saturated rings. The number of nitrogens with one attached hydrogen (secondary N) is 2. The van der Waals surface area contributed by atoms with Crippen LogP contribution in [0.1, 0.15) is 28.8 Å². The minimum absolute atomic E-state index is 0.0244. The molecule has 1 heterocycles. The van der Waals surface area contributed by atoms with Crippen molar-refractivity contribution in [3.63, 3.8) is 0 Å². The second-order valence-electron chi connectivity index (χ2n) is 6.29. The van der Waals surface area contributed by atoms with E-state index in [4.69, 9.17) is 5.26 Å². The van der Waals surface area contributed by atoms with Crippen molar-refractivity contribution >= 4 is 16.7 Å². The van der Waals surface area contributed by atoms with Crippen LogP contribution in [-0.2, 0) is 0 Å². The fourth-order valence-electron chi connectivity index (χ4n) is 3.79. The number of carbonyl (C=O) groups excluding carboxylic acids is 1. The highest BCUT2D eigenvalue weighted by Crippen LogP contribution is 2.31. The smallest absolute Gasteiger partial charge is 0.251 e. The second-order valence-corrected chi connectivity index (χ2v) is 6.29. The minimum atomic E-state index is -0.0244. The van der Waals surface area contributed by atoms with Crippen LogP contribution in [0.2, 0.25) is 0 Å². The van der Waals surface area contributed by atoms with Crippen LogP contribution in [0.3, 0.4) is 0 Å². The van der Waals surface area contributed by atoms with Crippen molar-refractivity contribution in [1.82, 2.24) is 10.6 Å². The monoisotopic (exact) mass is 291 g/mol. The van der Waals surface area contributed by atoms with Gasteiger partial charge in [0.1, 0.15) is 0 Å². The van der Waals surface area contributed by atoms with E-state index in [1.54, 1.807) is 12.1 Å². The summed E-state index contributed by atoms with van der Waals surface area (Å²) >= 11 is 0. The lowest BCUT2D eigenvalue weighted by Gasteiger charge is -2.24. The van der Waals surface area contributed by atoms with E-state index in [0.717, 1.165) is 23.7 Å². The Kier molecular flexibility index (Phi) is 3.09. The molecule has 110 valence electrons. The molecule has 1 amide bonds.